The summed E-state index contributed by atoms with van der Waals surface area (Å²) in [6, 6.07) is 14.4. The van der Waals surface area contributed by atoms with Crippen LogP contribution in [0, 0.1) is 5.92 Å². The highest BCUT2D eigenvalue weighted by molar-refractivity contribution is 9.10. The molecule has 1 aliphatic rings. The molecule has 1 atom stereocenters. The lowest BCUT2D eigenvalue weighted by Crippen LogP contribution is -2.28. The normalized spacial score (nSPS) is 17.4. The SMILES string of the molecule is O=C(Nc1ccc(Br)cc1)[C@@H]1CC(=O)N(c2cccc(Cl)c2)C1. The van der Waals surface area contributed by atoms with Crippen molar-refractivity contribution in [1.29, 1.82) is 0 Å². The maximum Gasteiger partial charge on any atom is 0.229 e. The van der Waals surface area contributed by atoms with Crippen molar-refractivity contribution in [3.63, 3.8) is 0 Å². The number of nitrogens with zero attached hydrogens (tertiary/aromatic N) is 1. The van der Waals surface area contributed by atoms with Gasteiger partial charge in [-0.15, -0.1) is 0 Å². The highest BCUT2D eigenvalue weighted by Crippen LogP contribution is 2.28. The molecule has 1 N–H and O–H groups in total. The number of rotatable bonds is 3. The van der Waals surface area contributed by atoms with E-state index < -0.39 is 0 Å². The number of hydrogen-bond acceptors (Lipinski definition) is 2. The van der Waals surface area contributed by atoms with Crippen molar-refractivity contribution in [2.24, 2.45) is 5.92 Å². The van der Waals surface area contributed by atoms with Crippen LogP contribution < -0.4 is 10.2 Å². The second kappa shape index (κ2) is 6.72. The van der Waals surface area contributed by atoms with Crippen LogP contribution in [-0.2, 0) is 9.59 Å². The highest BCUT2D eigenvalue weighted by Gasteiger charge is 2.35. The molecule has 1 aliphatic heterocycles. The van der Waals surface area contributed by atoms with Crippen molar-refractivity contribution in [2.75, 3.05) is 16.8 Å². The quantitative estimate of drug-likeness (QED) is 0.854. The Morgan fingerprint density at radius 2 is 1.96 bits per heavy atom. The van der Waals surface area contributed by atoms with Gasteiger partial charge in [0.05, 0.1) is 5.92 Å². The third kappa shape index (κ3) is 3.74. The molecule has 0 aromatic heterocycles. The van der Waals surface area contributed by atoms with Gasteiger partial charge in [0.2, 0.25) is 11.8 Å². The molecular weight excluding hydrogens is 380 g/mol. The lowest BCUT2D eigenvalue weighted by atomic mass is 10.1. The van der Waals surface area contributed by atoms with Crippen molar-refractivity contribution in [2.45, 2.75) is 6.42 Å². The molecule has 0 radical (unpaired) electrons. The Bertz CT molecular complexity index is 749. The van der Waals surface area contributed by atoms with E-state index in [9.17, 15) is 9.59 Å². The monoisotopic (exact) mass is 392 g/mol. The van der Waals surface area contributed by atoms with E-state index in [4.69, 9.17) is 11.6 Å². The average Bonchev–Trinajstić information content (AvgIpc) is 2.92. The van der Waals surface area contributed by atoms with Crippen LogP contribution in [0.5, 0.6) is 0 Å². The first kappa shape index (κ1) is 16.0. The second-order valence-corrected chi connectivity index (χ2v) is 6.73. The van der Waals surface area contributed by atoms with Gasteiger partial charge >= 0.3 is 0 Å². The summed E-state index contributed by atoms with van der Waals surface area (Å²) in [7, 11) is 0. The van der Waals surface area contributed by atoms with Crippen LogP contribution >= 0.6 is 27.5 Å². The number of halogens is 2. The van der Waals surface area contributed by atoms with Crippen molar-refractivity contribution < 1.29 is 9.59 Å². The number of amides is 2. The number of carbonyl (C=O) groups is 2. The molecule has 6 heteroatoms. The van der Waals surface area contributed by atoms with Crippen molar-refractivity contribution in [3.8, 4) is 0 Å². The van der Waals surface area contributed by atoms with Gasteiger partial charge < -0.3 is 10.2 Å². The Kier molecular flexibility index (Phi) is 4.68. The second-order valence-electron chi connectivity index (χ2n) is 5.38. The number of nitrogens with one attached hydrogen (secondary N) is 1. The van der Waals surface area contributed by atoms with E-state index in [0.717, 1.165) is 10.2 Å². The van der Waals surface area contributed by atoms with Crippen molar-refractivity contribution in [1.82, 2.24) is 0 Å². The number of benzene rings is 2. The molecule has 0 unspecified atom stereocenters. The summed E-state index contributed by atoms with van der Waals surface area (Å²) in [4.78, 5) is 26.2. The van der Waals surface area contributed by atoms with Crippen LogP contribution in [0.4, 0.5) is 11.4 Å². The van der Waals surface area contributed by atoms with E-state index in [-0.39, 0.29) is 24.2 Å². The first-order chi connectivity index (χ1) is 11.0. The minimum absolute atomic E-state index is 0.0665. The van der Waals surface area contributed by atoms with Gasteiger partial charge in [0.15, 0.2) is 0 Å². The van der Waals surface area contributed by atoms with E-state index >= 15 is 0 Å². The molecular formula is C17H14BrClN2O2. The summed E-state index contributed by atoms with van der Waals surface area (Å²) < 4.78 is 0.943. The molecule has 3 rings (SSSR count). The molecule has 2 aromatic carbocycles. The molecule has 0 saturated carbocycles. The number of anilines is 2. The minimum atomic E-state index is -0.370. The van der Waals surface area contributed by atoms with Crippen LogP contribution in [0.15, 0.2) is 53.0 Å². The van der Waals surface area contributed by atoms with Gasteiger partial charge in [0.1, 0.15) is 0 Å². The zero-order chi connectivity index (χ0) is 16.4. The molecule has 0 bridgehead atoms. The maximum absolute atomic E-state index is 12.4. The zero-order valence-electron chi connectivity index (χ0n) is 12.1. The third-order valence-corrected chi connectivity index (χ3v) is 4.49. The van der Waals surface area contributed by atoms with E-state index in [1.165, 1.54) is 0 Å². The van der Waals surface area contributed by atoms with E-state index in [2.05, 4.69) is 21.2 Å². The summed E-state index contributed by atoms with van der Waals surface area (Å²) in [5.41, 5.74) is 1.44. The number of hydrogen-bond donors (Lipinski definition) is 1. The Morgan fingerprint density at radius 3 is 2.65 bits per heavy atom. The molecule has 0 spiro atoms. The Labute approximate surface area is 147 Å². The van der Waals surface area contributed by atoms with Gasteiger partial charge in [0.25, 0.3) is 0 Å². The van der Waals surface area contributed by atoms with E-state index in [1.54, 1.807) is 23.1 Å². The fourth-order valence-corrected chi connectivity index (χ4v) is 3.00. The lowest BCUT2D eigenvalue weighted by Gasteiger charge is -2.17. The van der Waals surface area contributed by atoms with Gasteiger partial charge in [-0.25, -0.2) is 0 Å². The lowest BCUT2D eigenvalue weighted by molar-refractivity contribution is -0.122. The summed E-state index contributed by atoms with van der Waals surface area (Å²) in [6.45, 7) is 0.363. The first-order valence-electron chi connectivity index (χ1n) is 7.15. The third-order valence-electron chi connectivity index (χ3n) is 3.73. The summed E-state index contributed by atoms with van der Waals surface area (Å²) in [6.07, 6.45) is 0.203. The topological polar surface area (TPSA) is 49.4 Å². The van der Waals surface area contributed by atoms with E-state index in [1.807, 2.05) is 30.3 Å². The average molecular weight is 394 g/mol. The summed E-state index contributed by atoms with van der Waals surface area (Å²) >= 11 is 9.32. The van der Waals surface area contributed by atoms with Crippen molar-refractivity contribution in [3.05, 3.63) is 58.0 Å². The fraction of sp³-hybridized carbons (Fsp3) is 0.176. The van der Waals surface area contributed by atoms with E-state index in [0.29, 0.717) is 17.3 Å². The zero-order valence-corrected chi connectivity index (χ0v) is 14.5. The smallest absolute Gasteiger partial charge is 0.229 e. The summed E-state index contributed by atoms with van der Waals surface area (Å²) in [5.74, 6) is -0.585. The number of carbonyl (C=O) groups excluding carboxylic acids is 2. The summed E-state index contributed by atoms with van der Waals surface area (Å²) in [5, 5.41) is 3.42. The highest BCUT2D eigenvalue weighted by atomic mass is 79.9. The molecule has 0 aliphatic carbocycles. The minimum Gasteiger partial charge on any atom is -0.326 e. The molecule has 118 valence electrons. The van der Waals surface area contributed by atoms with Crippen LogP contribution in [0.2, 0.25) is 5.02 Å². The fourth-order valence-electron chi connectivity index (χ4n) is 2.55. The Morgan fingerprint density at radius 1 is 1.22 bits per heavy atom. The van der Waals surface area contributed by atoms with Crippen LogP contribution in [0.25, 0.3) is 0 Å². The van der Waals surface area contributed by atoms with Gasteiger partial charge in [-0.3, -0.25) is 9.59 Å². The first-order valence-corrected chi connectivity index (χ1v) is 8.32. The van der Waals surface area contributed by atoms with Crippen LogP contribution in [0.1, 0.15) is 6.42 Å². The van der Waals surface area contributed by atoms with Gasteiger partial charge in [0, 0.05) is 33.8 Å². The van der Waals surface area contributed by atoms with Crippen molar-refractivity contribution >= 4 is 50.7 Å². The molecule has 2 amide bonds. The predicted octanol–water partition coefficient (Wildman–Crippen LogP) is 4.09. The Hall–Kier alpha value is -1.85. The Balaban J connectivity index is 1.69. The molecule has 2 aromatic rings. The van der Waals surface area contributed by atoms with Crippen LogP contribution in [-0.4, -0.2) is 18.4 Å². The van der Waals surface area contributed by atoms with Gasteiger partial charge in [-0.05, 0) is 42.5 Å². The van der Waals surface area contributed by atoms with Gasteiger partial charge in [-0.1, -0.05) is 33.6 Å². The predicted molar refractivity (Wildman–Crippen MR) is 94.7 cm³/mol. The van der Waals surface area contributed by atoms with Gasteiger partial charge in [-0.2, -0.15) is 0 Å². The molecule has 1 fully saturated rings. The maximum atomic E-state index is 12.4. The standard InChI is InChI=1S/C17H14BrClN2O2/c18-12-4-6-14(7-5-12)20-17(23)11-8-16(22)21(10-11)15-3-1-2-13(19)9-15/h1-7,9,11H,8,10H2,(H,20,23)/t11-/m1/s1. The molecule has 4 nitrogen and oxygen atoms in total. The molecule has 1 saturated heterocycles. The molecule has 1 heterocycles. The van der Waals surface area contributed by atoms with Crippen LogP contribution in [0.3, 0.4) is 0 Å². The molecule has 23 heavy (non-hydrogen) atoms. The largest absolute Gasteiger partial charge is 0.326 e.